The minimum absolute atomic E-state index is 0.451. The molecule has 6 atom stereocenters. The minimum atomic E-state index is 0.451. The zero-order chi connectivity index (χ0) is 14.7. The van der Waals surface area contributed by atoms with Crippen molar-refractivity contribution in [3.63, 3.8) is 0 Å². The molecule has 2 fully saturated rings. The first-order valence-corrected chi connectivity index (χ1v) is 9.04. The van der Waals surface area contributed by atoms with E-state index < -0.39 is 0 Å². The van der Waals surface area contributed by atoms with Crippen molar-refractivity contribution in [2.75, 3.05) is 0 Å². The molecule has 0 saturated heterocycles. The van der Waals surface area contributed by atoms with Crippen molar-refractivity contribution in [3.8, 4) is 0 Å². The maximum absolute atomic E-state index is 6.22. The van der Waals surface area contributed by atoms with Gasteiger partial charge in [-0.15, -0.1) is 0 Å². The lowest BCUT2D eigenvalue weighted by Crippen LogP contribution is -2.41. The predicted octanol–water partition coefficient (Wildman–Crippen LogP) is 3.93. The Kier molecular flexibility index (Phi) is 5.92. The monoisotopic (exact) mass is 280 g/mol. The van der Waals surface area contributed by atoms with Crippen molar-refractivity contribution >= 4 is 0 Å². The van der Waals surface area contributed by atoms with E-state index in [1.807, 2.05) is 0 Å². The quantitative estimate of drug-likeness (QED) is 0.820. The van der Waals surface area contributed by atoms with E-state index in [9.17, 15) is 0 Å². The number of nitrogens with two attached hydrogens (primary N) is 2. The summed E-state index contributed by atoms with van der Waals surface area (Å²) in [7, 11) is 0. The van der Waals surface area contributed by atoms with Crippen LogP contribution >= 0.6 is 0 Å². The summed E-state index contributed by atoms with van der Waals surface area (Å²) in [6, 6.07) is 0.902. The summed E-state index contributed by atoms with van der Waals surface area (Å²) in [6.45, 7) is 7.07. The Morgan fingerprint density at radius 3 is 1.65 bits per heavy atom. The van der Waals surface area contributed by atoms with E-state index in [0.29, 0.717) is 12.1 Å². The van der Waals surface area contributed by atoms with Crippen LogP contribution in [0.3, 0.4) is 0 Å². The van der Waals surface area contributed by atoms with Crippen LogP contribution in [0.15, 0.2) is 0 Å². The molecule has 0 aromatic heterocycles. The Morgan fingerprint density at radius 1 is 0.850 bits per heavy atom. The topological polar surface area (TPSA) is 52.0 Å². The Labute approximate surface area is 126 Å². The largest absolute Gasteiger partial charge is 0.327 e. The fraction of sp³-hybridized carbons (Fsp3) is 1.00. The fourth-order valence-corrected chi connectivity index (χ4v) is 4.89. The summed E-state index contributed by atoms with van der Waals surface area (Å²) >= 11 is 0. The summed E-state index contributed by atoms with van der Waals surface area (Å²) in [6.07, 6.45) is 10.7. The Morgan fingerprint density at radius 2 is 1.30 bits per heavy atom. The third kappa shape index (κ3) is 3.76. The molecule has 2 saturated carbocycles. The molecule has 0 aromatic rings. The second kappa shape index (κ2) is 7.26. The zero-order valence-electron chi connectivity index (χ0n) is 13.9. The highest BCUT2D eigenvalue weighted by Crippen LogP contribution is 2.44. The first kappa shape index (κ1) is 16.3. The SMILES string of the molecule is CCCC(C1CCC(N)C(C)C1)C1CCC(N)C(C)C1. The summed E-state index contributed by atoms with van der Waals surface area (Å²) in [5.74, 6) is 4.23. The lowest BCUT2D eigenvalue weighted by molar-refractivity contribution is 0.0882. The molecule has 4 N–H and O–H groups in total. The first-order valence-electron chi connectivity index (χ1n) is 9.04. The Hall–Kier alpha value is -0.0800. The highest BCUT2D eigenvalue weighted by atomic mass is 14.7. The van der Waals surface area contributed by atoms with Crippen LogP contribution < -0.4 is 11.5 Å². The van der Waals surface area contributed by atoms with E-state index in [1.54, 1.807) is 0 Å². The van der Waals surface area contributed by atoms with Gasteiger partial charge in [-0.25, -0.2) is 0 Å². The molecule has 0 radical (unpaired) electrons. The van der Waals surface area contributed by atoms with Gasteiger partial charge in [-0.05, 0) is 68.1 Å². The lowest BCUT2D eigenvalue weighted by Gasteiger charge is -2.43. The van der Waals surface area contributed by atoms with Crippen molar-refractivity contribution in [1.82, 2.24) is 0 Å². The van der Waals surface area contributed by atoms with Gasteiger partial charge in [0.15, 0.2) is 0 Å². The van der Waals surface area contributed by atoms with E-state index in [4.69, 9.17) is 11.5 Å². The smallest absolute Gasteiger partial charge is 0.00647 e. The van der Waals surface area contributed by atoms with Gasteiger partial charge in [0.1, 0.15) is 0 Å². The van der Waals surface area contributed by atoms with Crippen molar-refractivity contribution in [1.29, 1.82) is 0 Å². The molecule has 2 nitrogen and oxygen atoms in total. The van der Waals surface area contributed by atoms with E-state index in [0.717, 1.165) is 29.6 Å². The van der Waals surface area contributed by atoms with E-state index >= 15 is 0 Å². The van der Waals surface area contributed by atoms with Crippen molar-refractivity contribution in [3.05, 3.63) is 0 Å². The molecular weight excluding hydrogens is 244 g/mol. The average molecular weight is 281 g/mol. The second-order valence-electron chi connectivity index (χ2n) is 7.88. The predicted molar refractivity (Wildman–Crippen MR) is 87.4 cm³/mol. The lowest BCUT2D eigenvalue weighted by atomic mass is 9.64. The molecule has 6 unspecified atom stereocenters. The molecule has 0 aromatic carbocycles. The van der Waals surface area contributed by atoms with Crippen LogP contribution in [0.25, 0.3) is 0 Å². The molecular formula is C18H36N2. The molecule has 118 valence electrons. The van der Waals surface area contributed by atoms with Gasteiger partial charge in [0, 0.05) is 12.1 Å². The number of hydrogen-bond acceptors (Lipinski definition) is 2. The molecule has 0 amide bonds. The minimum Gasteiger partial charge on any atom is -0.327 e. The summed E-state index contributed by atoms with van der Waals surface area (Å²) in [4.78, 5) is 0. The molecule has 2 aliphatic carbocycles. The van der Waals surface area contributed by atoms with Crippen LogP contribution in [-0.4, -0.2) is 12.1 Å². The van der Waals surface area contributed by atoms with Gasteiger partial charge >= 0.3 is 0 Å². The fourth-order valence-electron chi connectivity index (χ4n) is 4.89. The average Bonchev–Trinajstić information content (AvgIpc) is 2.43. The van der Waals surface area contributed by atoms with Gasteiger partial charge < -0.3 is 11.5 Å². The number of hydrogen-bond donors (Lipinski definition) is 2. The summed E-state index contributed by atoms with van der Waals surface area (Å²) in [5.41, 5.74) is 12.4. The van der Waals surface area contributed by atoms with Gasteiger partial charge in [0.25, 0.3) is 0 Å². The van der Waals surface area contributed by atoms with Crippen LogP contribution in [0.2, 0.25) is 0 Å². The van der Waals surface area contributed by atoms with Crippen LogP contribution in [0, 0.1) is 29.6 Å². The molecule has 0 spiro atoms. The standard InChI is InChI=1S/C18H36N2/c1-4-5-16(14-6-8-17(19)12(2)10-14)15-7-9-18(20)13(3)11-15/h12-18H,4-11,19-20H2,1-3H3. The summed E-state index contributed by atoms with van der Waals surface area (Å²) < 4.78 is 0. The highest BCUT2D eigenvalue weighted by Gasteiger charge is 2.36. The van der Waals surface area contributed by atoms with Gasteiger partial charge in [0.05, 0.1) is 0 Å². The van der Waals surface area contributed by atoms with Crippen LogP contribution in [0.4, 0.5) is 0 Å². The van der Waals surface area contributed by atoms with Crippen molar-refractivity contribution in [2.24, 2.45) is 41.1 Å². The zero-order valence-corrected chi connectivity index (χ0v) is 13.9. The molecule has 0 aliphatic heterocycles. The summed E-state index contributed by atoms with van der Waals surface area (Å²) in [5, 5.41) is 0. The second-order valence-corrected chi connectivity index (χ2v) is 7.88. The van der Waals surface area contributed by atoms with Gasteiger partial charge in [0.2, 0.25) is 0 Å². The molecule has 0 bridgehead atoms. The molecule has 2 heteroatoms. The highest BCUT2D eigenvalue weighted by molar-refractivity contribution is 4.89. The van der Waals surface area contributed by atoms with Gasteiger partial charge in [-0.1, -0.05) is 33.6 Å². The van der Waals surface area contributed by atoms with Crippen LogP contribution in [-0.2, 0) is 0 Å². The third-order valence-corrected chi connectivity index (χ3v) is 6.39. The molecule has 0 heterocycles. The van der Waals surface area contributed by atoms with Crippen molar-refractivity contribution < 1.29 is 0 Å². The maximum atomic E-state index is 6.22. The van der Waals surface area contributed by atoms with Gasteiger partial charge in [-0.2, -0.15) is 0 Å². The van der Waals surface area contributed by atoms with E-state index in [-0.39, 0.29) is 0 Å². The van der Waals surface area contributed by atoms with Crippen LogP contribution in [0.1, 0.15) is 72.1 Å². The van der Waals surface area contributed by atoms with Crippen LogP contribution in [0.5, 0.6) is 0 Å². The van der Waals surface area contributed by atoms with E-state index in [1.165, 1.54) is 51.4 Å². The Bertz CT molecular complexity index is 265. The molecule has 20 heavy (non-hydrogen) atoms. The van der Waals surface area contributed by atoms with E-state index in [2.05, 4.69) is 20.8 Å². The van der Waals surface area contributed by atoms with Gasteiger partial charge in [-0.3, -0.25) is 0 Å². The third-order valence-electron chi connectivity index (χ3n) is 6.39. The molecule has 2 rings (SSSR count). The Balaban J connectivity index is 1.99. The number of rotatable bonds is 4. The normalized spacial score (nSPS) is 44.2. The van der Waals surface area contributed by atoms with Crippen molar-refractivity contribution in [2.45, 2.75) is 84.2 Å². The molecule has 2 aliphatic rings. The first-order chi connectivity index (χ1) is 9.52. The maximum Gasteiger partial charge on any atom is 0.00647 e.